The zero-order chi connectivity index (χ0) is 31.7. The summed E-state index contributed by atoms with van der Waals surface area (Å²) >= 11 is 0. The number of fused-ring (bicyclic) bond motifs is 1. The average molecular weight is 637 g/mol. The molecule has 1 aliphatic heterocycles. The molecule has 5 nitrogen and oxygen atoms in total. The fourth-order valence-electron chi connectivity index (χ4n) is 8.03. The molecule has 4 rings (SSSR count). The van der Waals surface area contributed by atoms with Gasteiger partial charge in [0.2, 0.25) is 0 Å². The van der Waals surface area contributed by atoms with Gasteiger partial charge in [0, 0.05) is 12.3 Å². The minimum absolute atomic E-state index is 0.0318. The van der Waals surface area contributed by atoms with Crippen LogP contribution in [0.3, 0.4) is 0 Å². The highest BCUT2D eigenvalue weighted by atomic mass is 32.2. The van der Waals surface area contributed by atoms with E-state index in [1.807, 2.05) is 0 Å². The normalized spacial score (nSPS) is 35.7. The molecule has 0 N–H and O–H groups in total. The van der Waals surface area contributed by atoms with Gasteiger partial charge in [-0.1, -0.05) is 67.0 Å². The molecular weight excluding hydrogens is 577 g/mol. The van der Waals surface area contributed by atoms with E-state index in [1.54, 1.807) is 0 Å². The van der Waals surface area contributed by atoms with Gasteiger partial charge < -0.3 is 13.6 Å². The van der Waals surface area contributed by atoms with E-state index >= 15 is 0 Å². The maximum absolute atomic E-state index is 14.0. The average Bonchev–Trinajstić information content (AvgIpc) is 3.31. The van der Waals surface area contributed by atoms with E-state index < -0.39 is 31.7 Å². The first-order valence-corrected chi connectivity index (χ1v) is 24.0. The number of allylic oxidation sites excluding steroid dienone is 1. The van der Waals surface area contributed by atoms with Crippen LogP contribution < -0.4 is 0 Å². The predicted molar refractivity (Wildman–Crippen MR) is 179 cm³/mol. The Morgan fingerprint density at radius 2 is 1.55 bits per heavy atom. The van der Waals surface area contributed by atoms with Gasteiger partial charge in [-0.3, -0.25) is 0 Å². The number of hydrogen-bond donors (Lipinski definition) is 0. The van der Waals surface area contributed by atoms with Crippen LogP contribution in [0.15, 0.2) is 22.8 Å². The van der Waals surface area contributed by atoms with Gasteiger partial charge >= 0.3 is 0 Å². The maximum atomic E-state index is 14.0. The van der Waals surface area contributed by atoms with Crippen LogP contribution in [-0.2, 0) is 23.5 Å². The smallest absolute Gasteiger partial charge is 0.192 e. The molecule has 2 saturated carbocycles. The van der Waals surface area contributed by atoms with Crippen LogP contribution in [0, 0.1) is 23.2 Å². The van der Waals surface area contributed by atoms with Gasteiger partial charge in [0.15, 0.2) is 26.5 Å². The SMILES string of the molecule is C[C@H](C=O)[C@H]1CCC2C(=CC3C4=C(CS3(=O)=O)[C@@H](O[Si](C)(C)C(C)(C)C)C[C@H](O[Si](C)(C)C(C)(C)C)C4)CCC[C@@]21C. The Bertz CT molecular complexity index is 1220. The van der Waals surface area contributed by atoms with Gasteiger partial charge in [0.1, 0.15) is 11.5 Å². The Hall–Kier alpha value is -0.546. The molecule has 0 aromatic carbocycles. The summed E-state index contributed by atoms with van der Waals surface area (Å²) in [4.78, 5) is 11.8. The van der Waals surface area contributed by atoms with Crippen molar-refractivity contribution in [1.29, 1.82) is 0 Å². The molecule has 2 unspecified atom stereocenters. The fourth-order valence-corrected chi connectivity index (χ4v) is 12.7. The van der Waals surface area contributed by atoms with Gasteiger partial charge in [-0.25, -0.2) is 8.42 Å². The monoisotopic (exact) mass is 636 g/mol. The summed E-state index contributed by atoms with van der Waals surface area (Å²) in [5.41, 5.74) is 3.47. The molecule has 0 saturated heterocycles. The van der Waals surface area contributed by atoms with Crippen LogP contribution in [0.5, 0.6) is 0 Å². The Morgan fingerprint density at radius 1 is 0.952 bits per heavy atom. The van der Waals surface area contributed by atoms with Crippen molar-refractivity contribution in [3.05, 3.63) is 22.8 Å². The van der Waals surface area contributed by atoms with E-state index in [-0.39, 0.29) is 39.4 Å². The summed E-state index contributed by atoms with van der Waals surface area (Å²) in [6, 6.07) is 0. The third-order valence-corrected chi connectivity index (χ3v) is 23.5. The summed E-state index contributed by atoms with van der Waals surface area (Å²) in [6.07, 6.45) is 9.73. The Labute approximate surface area is 259 Å². The summed E-state index contributed by atoms with van der Waals surface area (Å²) in [6.45, 7) is 27.1. The standard InChI is InChI=1S/C34H60O5SSi2/c1-23(21-35)28-15-16-29-24(14-13-17-34(28,29)8)18-31-26-19-25(38-41(9,10)32(2,3)4)20-30(27(26)22-40(31,36)37)39-42(11,12)33(5,6)7/h18,21,23,25,28-31H,13-17,19-20,22H2,1-12H3/t23-,25-,28-,29?,30+,31?,34-/m1/s1. The van der Waals surface area contributed by atoms with Crippen molar-refractivity contribution >= 4 is 32.8 Å². The van der Waals surface area contributed by atoms with E-state index in [0.29, 0.717) is 18.3 Å². The number of aldehydes is 1. The van der Waals surface area contributed by atoms with Gasteiger partial charge in [0.05, 0.1) is 18.0 Å². The molecule has 0 spiro atoms. The van der Waals surface area contributed by atoms with Crippen molar-refractivity contribution in [1.82, 2.24) is 0 Å². The van der Waals surface area contributed by atoms with Crippen molar-refractivity contribution in [2.45, 2.75) is 154 Å². The lowest BCUT2D eigenvalue weighted by Gasteiger charge is -2.45. The van der Waals surface area contributed by atoms with Crippen LogP contribution in [0.4, 0.5) is 0 Å². The highest BCUT2D eigenvalue weighted by Gasteiger charge is 2.53. The molecule has 1 heterocycles. The van der Waals surface area contributed by atoms with Crippen LogP contribution in [-0.4, -0.2) is 54.5 Å². The molecular formula is C34H60O5SSi2. The topological polar surface area (TPSA) is 69.7 Å². The molecule has 0 amide bonds. The van der Waals surface area contributed by atoms with Gasteiger partial charge in [0.25, 0.3) is 0 Å². The third-order valence-electron chi connectivity index (χ3n) is 12.6. The van der Waals surface area contributed by atoms with Crippen molar-refractivity contribution in [2.24, 2.45) is 23.2 Å². The number of hydrogen-bond acceptors (Lipinski definition) is 5. The number of rotatable bonds is 7. The number of carbonyl (C=O) groups is 1. The molecule has 0 aromatic rings. The Balaban J connectivity index is 1.75. The summed E-state index contributed by atoms with van der Waals surface area (Å²) in [5.74, 6) is 0.887. The lowest BCUT2D eigenvalue weighted by Crippen LogP contribution is -2.49. The van der Waals surface area contributed by atoms with Crippen molar-refractivity contribution in [3.63, 3.8) is 0 Å². The predicted octanol–water partition coefficient (Wildman–Crippen LogP) is 8.63. The summed E-state index contributed by atoms with van der Waals surface area (Å²) < 4.78 is 42.2. The molecule has 2 fully saturated rings. The second-order valence-electron chi connectivity index (χ2n) is 17.4. The van der Waals surface area contributed by atoms with E-state index in [2.05, 4.69) is 87.7 Å². The number of sulfone groups is 1. The quantitative estimate of drug-likeness (QED) is 0.159. The lowest BCUT2D eigenvalue weighted by atomic mass is 9.61. The molecule has 0 bridgehead atoms. The highest BCUT2D eigenvalue weighted by Crippen LogP contribution is 2.59. The molecule has 3 aliphatic carbocycles. The van der Waals surface area contributed by atoms with Crippen LogP contribution in [0.2, 0.25) is 36.3 Å². The second kappa shape index (κ2) is 11.4. The van der Waals surface area contributed by atoms with E-state index in [9.17, 15) is 13.2 Å². The zero-order valence-electron chi connectivity index (χ0n) is 28.7. The van der Waals surface area contributed by atoms with Crippen LogP contribution in [0.1, 0.15) is 100 Å². The van der Waals surface area contributed by atoms with E-state index in [0.717, 1.165) is 56.0 Å². The van der Waals surface area contributed by atoms with Crippen molar-refractivity contribution in [2.75, 3.05) is 5.75 Å². The summed E-state index contributed by atoms with van der Waals surface area (Å²) in [5, 5.41) is -0.474. The second-order valence-corrected chi connectivity index (χ2v) is 29.1. The van der Waals surface area contributed by atoms with Crippen molar-refractivity contribution in [3.8, 4) is 0 Å². The first kappa shape index (κ1) is 34.3. The van der Waals surface area contributed by atoms with Gasteiger partial charge in [-0.15, -0.1) is 0 Å². The maximum Gasteiger partial charge on any atom is 0.192 e. The Kier molecular flexibility index (Phi) is 9.28. The molecule has 0 radical (unpaired) electrons. The molecule has 7 atom stereocenters. The molecule has 0 aromatic heterocycles. The highest BCUT2D eigenvalue weighted by molar-refractivity contribution is 7.92. The largest absolute Gasteiger partial charge is 0.414 e. The molecule has 4 aliphatic rings. The first-order valence-electron chi connectivity index (χ1n) is 16.5. The van der Waals surface area contributed by atoms with Crippen LogP contribution >= 0.6 is 0 Å². The molecule has 42 heavy (non-hydrogen) atoms. The zero-order valence-corrected chi connectivity index (χ0v) is 31.5. The van der Waals surface area contributed by atoms with Crippen molar-refractivity contribution < 1.29 is 22.1 Å². The molecule has 8 heteroatoms. The lowest BCUT2D eigenvalue weighted by molar-refractivity contribution is -0.113. The third kappa shape index (κ3) is 6.27. The van der Waals surface area contributed by atoms with Gasteiger partial charge in [-0.05, 0) is 103 Å². The van der Waals surface area contributed by atoms with E-state index in [1.165, 1.54) is 5.57 Å². The Morgan fingerprint density at radius 3 is 2.12 bits per heavy atom. The minimum Gasteiger partial charge on any atom is -0.414 e. The minimum atomic E-state index is -3.39. The summed E-state index contributed by atoms with van der Waals surface area (Å²) in [7, 11) is -7.61. The van der Waals surface area contributed by atoms with Gasteiger partial charge in [-0.2, -0.15) is 0 Å². The van der Waals surface area contributed by atoms with E-state index in [4.69, 9.17) is 8.85 Å². The number of carbonyl (C=O) groups excluding carboxylic acids is 1. The molecule has 240 valence electrons. The van der Waals surface area contributed by atoms with Crippen LogP contribution in [0.25, 0.3) is 0 Å². The fraction of sp³-hybridized carbons (Fsp3) is 0.853. The first-order chi connectivity index (χ1) is 19.0.